The van der Waals surface area contributed by atoms with Gasteiger partial charge in [-0.25, -0.2) is 0 Å². The number of amides is 1. The molecule has 0 aliphatic rings. The van der Waals surface area contributed by atoms with E-state index in [1.165, 1.54) is 6.26 Å². The molecule has 0 aliphatic heterocycles. The second-order valence-corrected chi connectivity index (χ2v) is 7.98. The average molecular weight is 447 g/mol. The molecule has 0 spiro atoms. The quantitative estimate of drug-likeness (QED) is 0.336. The molecule has 0 bridgehead atoms. The summed E-state index contributed by atoms with van der Waals surface area (Å²) < 4.78 is 5.63. The zero-order chi connectivity index (χ0) is 23.3. The van der Waals surface area contributed by atoms with Crippen molar-refractivity contribution in [3.63, 3.8) is 0 Å². The summed E-state index contributed by atoms with van der Waals surface area (Å²) in [7, 11) is 0. The van der Waals surface area contributed by atoms with Crippen LogP contribution in [-0.2, 0) is 13.1 Å². The van der Waals surface area contributed by atoms with Gasteiger partial charge in [0.2, 0.25) is 5.43 Å². The van der Waals surface area contributed by atoms with Crippen LogP contribution in [0.1, 0.15) is 21.6 Å². The fourth-order valence-electron chi connectivity index (χ4n) is 4.05. The Bertz CT molecular complexity index is 1490. The van der Waals surface area contributed by atoms with Gasteiger partial charge in [0, 0.05) is 12.7 Å². The molecule has 0 atom stereocenters. The Morgan fingerprint density at radius 3 is 2.35 bits per heavy atom. The number of carbonyl (C=O) groups is 1. The third-order valence-corrected chi connectivity index (χ3v) is 5.74. The van der Waals surface area contributed by atoms with Gasteiger partial charge in [-0.05, 0) is 41.0 Å². The molecular formula is C29H22N2O3. The van der Waals surface area contributed by atoms with Gasteiger partial charge >= 0.3 is 0 Å². The van der Waals surface area contributed by atoms with E-state index < -0.39 is 5.91 Å². The highest BCUT2D eigenvalue weighted by atomic mass is 16.3. The Balaban J connectivity index is 1.56. The lowest BCUT2D eigenvalue weighted by Gasteiger charge is -2.24. The van der Waals surface area contributed by atoms with Gasteiger partial charge in [0.25, 0.3) is 5.91 Å². The van der Waals surface area contributed by atoms with Crippen molar-refractivity contribution >= 4 is 16.9 Å². The van der Waals surface area contributed by atoms with Crippen molar-refractivity contribution in [3.05, 3.63) is 137 Å². The first-order valence-corrected chi connectivity index (χ1v) is 11.0. The van der Waals surface area contributed by atoms with Crippen molar-refractivity contribution in [2.75, 3.05) is 0 Å². The first-order chi connectivity index (χ1) is 16.7. The standard InChI is InChI=1S/C29H22N2O3/c32-28-25-15-6-7-16-27(25)34-20-26(28)29(33)31(19-23-13-8-9-17-30-23)18-22-12-4-5-14-24(22)21-10-2-1-3-11-21/h1-17,20H,18-19H2. The first-order valence-electron chi connectivity index (χ1n) is 11.0. The second-order valence-electron chi connectivity index (χ2n) is 7.98. The number of fused-ring (bicyclic) bond motifs is 1. The highest BCUT2D eigenvalue weighted by Crippen LogP contribution is 2.25. The van der Waals surface area contributed by atoms with E-state index in [0.29, 0.717) is 17.5 Å². The minimum absolute atomic E-state index is 0.00632. The lowest BCUT2D eigenvalue weighted by atomic mass is 9.99. The van der Waals surface area contributed by atoms with Gasteiger partial charge in [-0.2, -0.15) is 0 Å². The van der Waals surface area contributed by atoms with Crippen LogP contribution in [-0.4, -0.2) is 15.8 Å². The number of carbonyl (C=O) groups excluding carboxylic acids is 1. The van der Waals surface area contributed by atoms with Crippen molar-refractivity contribution in [1.29, 1.82) is 0 Å². The van der Waals surface area contributed by atoms with Crippen LogP contribution >= 0.6 is 0 Å². The number of aromatic nitrogens is 1. The molecule has 5 nitrogen and oxygen atoms in total. The number of pyridine rings is 1. The van der Waals surface area contributed by atoms with Gasteiger partial charge in [-0.1, -0.05) is 72.8 Å². The number of rotatable bonds is 6. The molecule has 0 aliphatic carbocycles. The Hall–Kier alpha value is -4.51. The van der Waals surface area contributed by atoms with Crippen LogP contribution < -0.4 is 5.43 Å². The summed E-state index contributed by atoms with van der Waals surface area (Å²) in [6, 6.07) is 30.5. The molecule has 2 heterocycles. The van der Waals surface area contributed by atoms with E-state index in [1.807, 2.05) is 72.8 Å². The van der Waals surface area contributed by atoms with Gasteiger partial charge in [0.05, 0.1) is 17.6 Å². The van der Waals surface area contributed by atoms with Crippen molar-refractivity contribution < 1.29 is 9.21 Å². The van der Waals surface area contributed by atoms with E-state index in [2.05, 4.69) is 4.98 Å². The Labute approximate surface area is 196 Å². The fraction of sp³-hybridized carbons (Fsp3) is 0.0690. The molecule has 0 N–H and O–H groups in total. The van der Waals surface area contributed by atoms with E-state index in [-0.39, 0.29) is 17.5 Å². The van der Waals surface area contributed by atoms with Crippen LogP contribution in [0.3, 0.4) is 0 Å². The second kappa shape index (κ2) is 9.55. The third-order valence-electron chi connectivity index (χ3n) is 5.74. The summed E-state index contributed by atoms with van der Waals surface area (Å²) in [4.78, 5) is 32.9. The largest absolute Gasteiger partial charge is 0.463 e. The Morgan fingerprint density at radius 1 is 0.794 bits per heavy atom. The number of nitrogens with zero attached hydrogens (tertiary/aromatic N) is 2. The topological polar surface area (TPSA) is 63.4 Å². The maximum Gasteiger partial charge on any atom is 0.261 e. The predicted octanol–water partition coefficient (Wildman–Crippen LogP) is 5.70. The molecule has 5 rings (SSSR count). The maximum atomic E-state index is 13.7. The molecule has 3 aromatic carbocycles. The van der Waals surface area contributed by atoms with Gasteiger partial charge < -0.3 is 9.32 Å². The zero-order valence-corrected chi connectivity index (χ0v) is 18.4. The van der Waals surface area contributed by atoms with Crippen LogP contribution in [0.2, 0.25) is 0 Å². The van der Waals surface area contributed by atoms with Crippen LogP contribution in [0.4, 0.5) is 0 Å². The minimum atomic E-state index is -0.395. The molecule has 0 radical (unpaired) electrons. The molecule has 166 valence electrons. The van der Waals surface area contributed by atoms with Gasteiger partial charge in [-0.3, -0.25) is 14.6 Å². The maximum absolute atomic E-state index is 13.7. The van der Waals surface area contributed by atoms with Crippen LogP contribution in [0.5, 0.6) is 0 Å². The summed E-state index contributed by atoms with van der Waals surface area (Å²) in [5, 5.41) is 0.385. The van der Waals surface area contributed by atoms with Crippen molar-refractivity contribution in [2.45, 2.75) is 13.1 Å². The summed E-state index contributed by atoms with van der Waals surface area (Å²) in [6.07, 6.45) is 2.96. The molecule has 1 amide bonds. The lowest BCUT2D eigenvalue weighted by Crippen LogP contribution is -2.33. The highest BCUT2D eigenvalue weighted by molar-refractivity contribution is 5.96. The zero-order valence-electron chi connectivity index (χ0n) is 18.4. The average Bonchev–Trinajstić information content (AvgIpc) is 2.90. The summed E-state index contributed by atoms with van der Waals surface area (Å²) in [5.41, 5.74) is 3.93. The molecule has 5 aromatic rings. The predicted molar refractivity (Wildman–Crippen MR) is 132 cm³/mol. The third kappa shape index (κ3) is 4.36. The normalized spacial score (nSPS) is 10.8. The minimum Gasteiger partial charge on any atom is -0.463 e. The van der Waals surface area contributed by atoms with E-state index in [1.54, 1.807) is 35.4 Å². The van der Waals surface area contributed by atoms with Gasteiger partial charge in [0.1, 0.15) is 17.4 Å². The van der Waals surface area contributed by atoms with Crippen LogP contribution in [0, 0.1) is 0 Å². The summed E-state index contributed by atoms with van der Waals surface area (Å²) >= 11 is 0. The van der Waals surface area contributed by atoms with E-state index in [4.69, 9.17) is 4.42 Å². The molecular weight excluding hydrogens is 424 g/mol. The molecule has 0 saturated carbocycles. The molecule has 0 fully saturated rings. The first kappa shape index (κ1) is 21.3. The lowest BCUT2D eigenvalue weighted by molar-refractivity contribution is 0.0725. The van der Waals surface area contributed by atoms with Crippen LogP contribution in [0.25, 0.3) is 22.1 Å². The van der Waals surface area contributed by atoms with Crippen molar-refractivity contribution in [2.24, 2.45) is 0 Å². The van der Waals surface area contributed by atoms with Crippen molar-refractivity contribution in [1.82, 2.24) is 9.88 Å². The number of para-hydroxylation sites is 1. The van der Waals surface area contributed by atoms with Crippen molar-refractivity contribution in [3.8, 4) is 11.1 Å². The summed E-state index contributed by atoms with van der Waals surface area (Å²) in [5.74, 6) is -0.395. The molecule has 2 aromatic heterocycles. The van der Waals surface area contributed by atoms with Gasteiger partial charge in [0.15, 0.2) is 0 Å². The Morgan fingerprint density at radius 2 is 1.53 bits per heavy atom. The fourth-order valence-corrected chi connectivity index (χ4v) is 4.05. The number of hydrogen-bond acceptors (Lipinski definition) is 4. The number of benzene rings is 3. The highest BCUT2D eigenvalue weighted by Gasteiger charge is 2.23. The molecule has 5 heteroatoms. The SMILES string of the molecule is O=C(c1coc2ccccc2c1=O)N(Cc1ccccn1)Cc1ccccc1-c1ccccc1. The van der Waals surface area contributed by atoms with E-state index in [0.717, 1.165) is 22.4 Å². The molecule has 34 heavy (non-hydrogen) atoms. The Kier molecular flexibility index (Phi) is 5.99. The monoisotopic (exact) mass is 446 g/mol. The summed E-state index contributed by atoms with van der Waals surface area (Å²) in [6.45, 7) is 0.571. The smallest absolute Gasteiger partial charge is 0.261 e. The van der Waals surface area contributed by atoms with E-state index in [9.17, 15) is 9.59 Å². The number of hydrogen-bond donors (Lipinski definition) is 0. The molecule has 0 unspecified atom stereocenters. The van der Waals surface area contributed by atoms with Gasteiger partial charge in [-0.15, -0.1) is 0 Å². The molecule has 0 saturated heterocycles. The van der Waals surface area contributed by atoms with Crippen LogP contribution in [0.15, 0.2) is 119 Å². The van der Waals surface area contributed by atoms with E-state index >= 15 is 0 Å².